The highest BCUT2D eigenvalue weighted by atomic mass is 16.2. The van der Waals surface area contributed by atoms with Crippen LogP contribution in [0.3, 0.4) is 0 Å². The number of likely N-dealkylation sites (tertiary alicyclic amines) is 1. The maximum atomic E-state index is 13.2. The molecule has 2 saturated heterocycles. The summed E-state index contributed by atoms with van der Waals surface area (Å²) in [4.78, 5) is 22.0. The summed E-state index contributed by atoms with van der Waals surface area (Å²) in [5, 5.41) is 4.30. The van der Waals surface area contributed by atoms with E-state index in [1.54, 1.807) is 6.20 Å². The normalized spacial score (nSPS) is 23.8. The van der Waals surface area contributed by atoms with E-state index in [1.165, 1.54) is 0 Å². The molecule has 0 radical (unpaired) electrons. The van der Waals surface area contributed by atoms with Crippen LogP contribution < -0.4 is 4.90 Å². The number of piperidine rings is 1. The molecule has 4 heterocycles. The van der Waals surface area contributed by atoms with E-state index >= 15 is 0 Å². The summed E-state index contributed by atoms with van der Waals surface area (Å²) in [6, 6.07) is 8.18. The topological polar surface area (TPSA) is 54.3 Å². The average molecular weight is 339 g/mol. The van der Waals surface area contributed by atoms with E-state index in [4.69, 9.17) is 0 Å². The zero-order chi connectivity index (χ0) is 17.1. The van der Waals surface area contributed by atoms with Crippen molar-refractivity contribution in [2.24, 2.45) is 5.92 Å². The Morgan fingerprint density at radius 2 is 2.04 bits per heavy atom. The molecule has 2 aliphatic rings. The molecule has 2 aliphatic heterocycles. The fourth-order valence-corrected chi connectivity index (χ4v) is 4.10. The first kappa shape index (κ1) is 16.1. The van der Waals surface area contributed by atoms with Gasteiger partial charge in [-0.1, -0.05) is 6.07 Å². The second-order valence-corrected chi connectivity index (χ2v) is 7.03. The van der Waals surface area contributed by atoms with Crippen molar-refractivity contribution in [1.29, 1.82) is 0 Å². The van der Waals surface area contributed by atoms with Crippen molar-refractivity contribution < 1.29 is 4.79 Å². The lowest BCUT2D eigenvalue weighted by atomic mass is 9.96. The number of pyridine rings is 1. The molecule has 0 N–H and O–H groups in total. The summed E-state index contributed by atoms with van der Waals surface area (Å²) in [6.07, 6.45) is 9.78. The van der Waals surface area contributed by atoms with Gasteiger partial charge in [-0.05, 0) is 43.9 Å². The summed E-state index contributed by atoms with van der Waals surface area (Å²) in [5.74, 6) is 1.37. The Morgan fingerprint density at radius 3 is 2.84 bits per heavy atom. The van der Waals surface area contributed by atoms with E-state index in [2.05, 4.69) is 19.9 Å². The molecule has 0 bridgehead atoms. The highest BCUT2D eigenvalue weighted by molar-refractivity contribution is 5.80. The smallest absolute Gasteiger partial charge is 0.227 e. The Kier molecular flexibility index (Phi) is 4.68. The van der Waals surface area contributed by atoms with Gasteiger partial charge in [0.05, 0.1) is 18.5 Å². The third-order valence-corrected chi connectivity index (χ3v) is 5.36. The minimum atomic E-state index is 0.0778. The molecule has 6 heteroatoms. The van der Waals surface area contributed by atoms with Crippen LogP contribution in [0.25, 0.3) is 0 Å². The summed E-state index contributed by atoms with van der Waals surface area (Å²) in [7, 11) is 0. The van der Waals surface area contributed by atoms with Crippen LogP contribution in [0, 0.1) is 5.92 Å². The predicted octanol–water partition coefficient (Wildman–Crippen LogP) is 2.19. The van der Waals surface area contributed by atoms with Crippen molar-refractivity contribution in [2.45, 2.75) is 38.3 Å². The minimum absolute atomic E-state index is 0.0778. The molecule has 0 aliphatic carbocycles. The quantitative estimate of drug-likeness (QED) is 0.857. The summed E-state index contributed by atoms with van der Waals surface area (Å²) in [6.45, 7) is 3.44. The lowest BCUT2D eigenvalue weighted by Crippen LogP contribution is -2.47. The standard InChI is InChI=1S/C19H25N5O/c25-19(24-13-4-7-17(24)15-23-12-5-10-21-23)16-6-3-11-22(14-16)18-8-1-2-9-20-18/h1-2,5,8-10,12,16-17H,3-4,6-7,11,13-15H2/t16-,17+/m0/s1. The molecule has 6 nitrogen and oxygen atoms in total. The van der Waals surface area contributed by atoms with Gasteiger partial charge in [0, 0.05) is 38.2 Å². The van der Waals surface area contributed by atoms with E-state index in [0.29, 0.717) is 5.91 Å². The molecule has 0 spiro atoms. The number of anilines is 1. The molecule has 0 unspecified atom stereocenters. The van der Waals surface area contributed by atoms with Gasteiger partial charge in [-0.25, -0.2) is 4.98 Å². The van der Waals surface area contributed by atoms with Gasteiger partial charge in [0.1, 0.15) is 5.82 Å². The van der Waals surface area contributed by atoms with Crippen LogP contribution in [-0.4, -0.2) is 51.2 Å². The van der Waals surface area contributed by atoms with Gasteiger partial charge in [-0.15, -0.1) is 0 Å². The highest BCUT2D eigenvalue weighted by Gasteiger charge is 2.35. The molecular weight excluding hydrogens is 314 g/mol. The molecule has 2 aromatic rings. The van der Waals surface area contributed by atoms with Crippen molar-refractivity contribution in [3.8, 4) is 0 Å². The zero-order valence-electron chi connectivity index (χ0n) is 14.5. The van der Waals surface area contributed by atoms with Crippen molar-refractivity contribution >= 4 is 11.7 Å². The highest BCUT2D eigenvalue weighted by Crippen LogP contribution is 2.27. The van der Waals surface area contributed by atoms with Crippen LogP contribution in [-0.2, 0) is 11.3 Å². The van der Waals surface area contributed by atoms with Crippen LogP contribution in [0.5, 0.6) is 0 Å². The molecule has 2 atom stereocenters. The largest absolute Gasteiger partial charge is 0.356 e. The van der Waals surface area contributed by atoms with E-state index in [1.807, 2.05) is 41.3 Å². The number of nitrogens with zero attached hydrogens (tertiary/aromatic N) is 5. The van der Waals surface area contributed by atoms with E-state index in [9.17, 15) is 4.79 Å². The van der Waals surface area contributed by atoms with Crippen LogP contribution in [0.2, 0.25) is 0 Å². The van der Waals surface area contributed by atoms with Crippen molar-refractivity contribution in [3.63, 3.8) is 0 Å². The second-order valence-electron chi connectivity index (χ2n) is 7.03. The van der Waals surface area contributed by atoms with Crippen molar-refractivity contribution in [2.75, 3.05) is 24.5 Å². The number of carbonyl (C=O) groups is 1. The first-order valence-corrected chi connectivity index (χ1v) is 9.25. The monoisotopic (exact) mass is 339 g/mol. The maximum Gasteiger partial charge on any atom is 0.227 e. The van der Waals surface area contributed by atoms with Crippen LogP contribution in [0.1, 0.15) is 25.7 Å². The van der Waals surface area contributed by atoms with Crippen LogP contribution >= 0.6 is 0 Å². The van der Waals surface area contributed by atoms with Crippen molar-refractivity contribution in [1.82, 2.24) is 19.7 Å². The number of carbonyl (C=O) groups excluding carboxylic acids is 1. The predicted molar refractivity (Wildman–Crippen MR) is 96.1 cm³/mol. The fourth-order valence-electron chi connectivity index (χ4n) is 4.10. The third-order valence-electron chi connectivity index (χ3n) is 5.36. The Balaban J connectivity index is 1.42. The average Bonchev–Trinajstić information content (AvgIpc) is 3.34. The van der Waals surface area contributed by atoms with Gasteiger partial charge in [0.25, 0.3) is 0 Å². The van der Waals surface area contributed by atoms with Gasteiger partial charge in [0.15, 0.2) is 0 Å². The van der Waals surface area contributed by atoms with Crippen LogP contribution in [0.4, 0.5) is 5.82 Å². The van der Waals surface area contributed by atoms with Gasteiger partial charge in [-0.2, -0.15) is 5.10 Å². The molecule has 0 aromatic carbocycles. The lowest BCUT2D eigenvalue weighted by Gasteiger charge is -2.36. The first-order chi connectivity index (χ1) is 12.3. The minimum Gasteiger partial charge on any atom is -0.356 e. The SMILES string of the molecule is O=C([C@H]1CCCN(c2ccccn2)C1)N1CCC[C@@H]1Cn1cccn1. The Hall–Kier alpha value is -2.37. The third kappa shape index (κ3) is 3.52. The Bertz CT molecular complexity index is 687. The van der Waals surface area contributed by atoms with Gasteiger partial charge >= 0.3 is 0 Å². The van der Waals surface area contributed by atoms with Crippen molar-refractivity contribution in [3.05, 3.63) is 42.9 Å². The van der Waals surface area contributed by atoms with E-state index < -0.39 is 0 Å². The summed E-state index contributed by atoms with van der Waals surface area (Å²) in [5.41, 5.74) is 0. The molecule has 132 valence electrons. The zero-order valence-corrected chi connectivity index (χ0v) is 14.5. The summed E-state index contributed by atoms with van der Waals surface area (Å²) >= 11 is 0. The Morgan fingerprint density at radius 1 is 1.12 bits per heavy atom. The Labute approximate surface area is 148 Å². The molecule has 1 amide bonds. The molecule has 2 fully saturated rings. The van der Waals surface area contributed by atoms with Gasteiger partial charge in [0.2, 0.25) is 5.91 Å². The molecular formula is C19H25N5O. The molecule has 0 saturated carbocycles. The number of rotatable bonds is 4. The fraction of sp³-hybridized carbons (Fsp3) is 0.526. The number of hydrogen-bond donors (Lipinski definition) is 0. The summed E-state index contributed by atoms with van der Waals surface area (Å²) < 4.78 is 1.94. The van der Waals surface area contributed by atoms with E-state index in [0.717, 1.165) is 57.7 Å². The molecule has 4 rings (SSSR count). The lowest BCUT2D eigenvalue weighted by molar-refractivity contribution is -0.136. The molecule has 25 heavy (non-hydrogen) atoms. The number of amides is 1. The number of aromatic nitrogens is 3. The maximum absolute atomic E-state index is 13.2. The second kappa shape index (κ2) is 7.25. The van der Waals surface area contributed by atoms with Gasteiger partial charge < -0.3 is 9.80 Å². The van der Waals surface area contributed by atoms with Gasteiger partial charge in [-0.3, -0.25) is 9.48 Å². The first-order valence-electron chi connectivity index (χ1n) is 9.25. The number of hydrogen-bond acceptors (Lipinski definition) is 4. The molecule has 2 aromatic heterocycles. The van der Waals surface area contributed by atoms with E-state index in [-0.39, 0.29) is 12.0 Å². The van der Waals surface area contributed by atoms with Crippen LogP contribution in [0.15, 0.2) is 42.9 Å².